The Hall–Kier alpha value is -2.00. The number of rotatable bonds is 3. The topological polar surface area (TPSA) is 89.3 Å². The molecule has 1 saturated heterocycles. The van der Waals surface area contributed by atoms with Crippen molar-refractivity contribution in [2.75, 3.05) is 18.8 Å². The molecule has 2 aromatic rings. The molecule has 25 heavy (non-hydrogen) atoms. The molecule has 1 aliphatic rings. The maximum atomic E-state index is 12.5. The quantitative estimate of drug-likeness (QED) is 0.791. The van der Waals surface area contributed by atoms with Crippen LogP contribution in [0.25, 0.3) is 0 Å². The molecule has 3 heterocycles. The Bertz CT molecular complexity index is 919. The number of amides is 1. The summed E-state index contributed by atoms with van der Waals surface area (Å²) >= 11 is 1.42. The number of sulfone groups is 1. The molecule has 0 spiro atoms. The highest BCUT2D eigenvalue weighted by Crippen LogP contribution is 2.32. The average molecular weight is 381 g/mol. The van der Waals surface area contributed by atoms with Gasteiger partial charge >= 0.3 is 0 Å². The Morgan fingerprint density at radius 2 is 2.20 bits per heavy atom. The summed E-state index contributed by atoms with van der Waals surface area (Å²) in [6, 6.07) is 5.02. The van der Waals surface area contributed by atoms with E-state index in [-0.39, 0.29) is 30.3 Å². The number of nitrogens with zero attached hydrogens (tertiary/aromatic N) is 3. The molecule has 1 atom stereocenters. The lowest BCUT2D eigenvalue weighted by Crippen LogP contribution is -2.38. The third-order valence-corrected chi connectivity index (χ3v) is 7.52. The molecule has 1 fully saturated rings. The van der Waals surface area contributed by atoms with E-state index in [0.717, 1.165) is 4.88 Å². The number of carbonyl (C=O) groups excluding carboxylic acids is 1. The summed E-state index contributed by atoms with van der Waals surface area (Å²) in [7, 11) is -3.30. The first-order chi connectivity index (χ1) is 11.9. The van der Waals surface area contributed by atoms with Gasteiger partial charge in [0.1, 0.15) is 6.54 Å². The predicted molar refractivity (Wildman–Crippen MR) is 95.3 cm³/mol. The molecule has 0 aliphatic carbocycles. The first-order valence-corrected chi connectivity index (χ1v) is 10.5. The average Bonchev–Trinajstić information content (AvgIpc) is 3.01. The molecule has 134 valence electrons. The minimum atomic E-state index is -3.30. The van der Waals surface area contributed by atoms with Gasteiger partial charge in [-0.2, -0.15) is 0 Å². The number of thiophene rings is 1. The van der Waals surface area contributed by atoms with E-state index >= 15 is 0 Å². The highest BCUT2D eigenvalue weighted by molar-refractivity contribution is 7.91. The maximum Gasteiger partial charge on any atom is 0.253 e. The monoisotopic (exact) mass is 381 g/mol. The van der Waals surface area contributed by atoms with Crippen LogP contribution < -0.4 is 5.56 Å². The second kappa shape index (κ2) is 7.09. The van der Waals surface area contributed by atoms with E-state index in [0.29, 0.717) is 18.7 Å². The van der Waals surface area contributed by atoms with Crippen molar-refractivity contribution < 1.29 is 13.2 Å². The second-order valence-corrected chi connectivity index (χ2v) is 9.32. The molecule has 0 unspecified atom stereocenters. The summed E-state index contributed by atoms with van der Waals surface area (Å²) in [5, 5.41) is 1.30. The molecule has 1 aliphatic heterocycles. The molecule has 0 radical (unpaired) electrons. The van der Waals surface area contributed by atoms with Gasteiger partial charge in [-0.15, -0.1) is 11.3 Å². The highest BCUT2D eigenvalue weighted by atomic mass is 32.2. The van der Waals surface area contributed by atoms with Crippen molar-refractivity contribution in [1.29, 1.82) is 0 Å². The lowest BCUT2D eigenvalue weighted by Gasteiger charge is -2.20. The Labute approximate surface area is 149 Å². The van der Waals surface area contributed by atoms with Crippen LogP contribution in [0.1, 0.15) is 22.2 Å². The van der Waals surface area contributed by atoms with Crippen molar-refractivity contribution in [3.8, 4) is 0 Å². The smallest absolute Gasteiger partial charge is 0.253 e. The molecule has 9 heteroatoms. The third-order valence-electron chi connectivity index (χ3n) is 4.28. The zero-order valence-electron chi connectivity index (χ0n) is 13.8. The van der Waals surface area contributed by atoms with Crippen molar-refractivity contribution in [2.24, 2.45) is 0 Å². The van der Waals surface area contributed by atoms with Crippen molar-refractivity contribution in [3.05, 3.63) is 50.8 Å². The van der Waals surface area contributed by atoms with E-state index in [1.165, 1.54) is 33.2 Å². The van der Waals surface area contributed by atoms with E-state index in [1.54, 1.807) is 6.92 Å². The van der Waals surface area contributed by atoms with Gasteiger partial charge in [0.05, 0.1) is 17.3 Å². The fourth-order valence-corrected chi connectivity index (χ4v) is 5.87. The first-order valence-electron chi connectivity index (χ1n) is 7.92. The zero-order chi connectivity index (χ0) is 18.0. The van der Waals surface area contributed by atoms with Gasteiger partial charge < -0.3 is 4.90 Å². The zero-order valence-corrected chi connectivity index (χ0v) is 15.4. The van der Waals surface area contributed by atoms with Gasteiger partial charge in [0.25, 0.3) is 5.56 Å². The van der Waals surface area contributed by atoms with Gasteiger partial charge in [0.15, 0.2) is 9.84 Å². The number of aromatic nitrogens is 2. The first kappa shape index (κ1) is 17.8. The van der Waals surface area contributed by atoms with Crippen LogP contribution in [-0.4, -0.2) is 47.6 Å². The molecule has 0 bridgehead atoms. The third kappa shape index (κ3) is 3.98. The van der Waals surface area contributed by atoms with Crippen molar-refractivity contribution >= 4 is 27.1 Å². The molecule has 0 saturated carbocycles. The maximum absolute atomic E-state index is 12.5. The van der Waals surface area contributed by atoms with Crippen molar-refractivity contribution in [1.82, 2.24) is 14.5 Å². The van der Waals surface area contributed by atoms with Gasteiger partial charge in [0.2, 0.25) is 5.91 Å². The van der Waals surface area contributed by atoms with Crippen LogP contribution in [0, 0.1) is 6.92 Å². The highest BCUT2D eigenvalue weighted by Gasteiger charge is 2.33. The minimum Gasteiger partial charge on any atom is -0.340 e. The summed E-state index contributed by atoms with van der Waals surface area (Å²) in [6.07, 6.45) is 1.72. The van der Waals surface area contributed by atoms with E-state index < -0.39 is 15.1 Å². The van der Waals surface area contributed by atoms with Crippen molar-refractivity contribution in [2.45, 2.75) is 25.1 Å². The van der Waals surface area contributed by atoms with Crippen LogP contribution in [0.2, 0.25) is 0 Å². The summed E-state index contributed by atoms with van der Waals surface area (Å²) in [6.45, 7) is 2.08. The molecule has 2 aromatic heterocycles. The Kier molecular flexibility index (Phi) is 5.05. The fraction of sp³-hybridized carbons (Fsp3) is 0.438. The minimum absolute atomic E-state index is 0.0671. The summed E-state index contributed by atoms with van der Waals surface area (Å²) in [5.74, 6) is -0.336. The molecular formula is C16H19N3O4S2. The van der Waals surface area contributed by atoms with Gasteiger partial charge in [-0.1, -0.05) is 6.07 Å². The predicted octanol–water partition coefficient (Wildman–Crippen LogP) is 1.00. The lowest BCUT2D eigenvalue weighted by atomic mass is 10.2. The Morgan fingerprint density at radius 3 is 2.88 bits per heavy atom. The molecule has 7 nitrogen and oxygen atoms in total. The molecule has 3 rings (SSSR count). The summed E-state index contributed by atoms with van der Waals surface area (Å²) < 4.78 is 26.3. The largest absolute Gasteiger partial charge is 0.340 e. The summed E-state index contributed by atoms with van der Waals surface area (Å²) in [4.78, 5) is 30.8. The molecule has 1 amide bonds. The van der Waals surface area contributed by atoms with Gasteiger partial charge in [-0.25, -0.2) is 13.4 Å². The number of carbonyl (C=O) groups is 1. The van der Waals surface area contributed by atoms with Gasteiger partial charge in [-0.05, 0) is 24.8 Å². The van der Waals surface area contributed by atoms with Crippen molar-refractivity contribution in [3.63, 3.8) is 0 Å². The van der Waals surface area contributed by atoms with Gasteiger partial charge in [0, 0.05) is 29.7 Å². The van der Waals surface area contributed by atoms with Crippen LogP contribution in [0.4, 0.5) is 0 Å². The Morgan fingerprint density at radius 1 is 1.40 bits per heavy atom. The van der Waals surface area contributed by atoms with Crippen LogP contribution in [0.5, 0.6) is 0 Å². The van der Waals surface area contributed by atoms with E-state index in [2.05, 4.69) is 4.98 Å². The van der Waals surface area contributed by atoms with Crippen LogP contribution in [0.3, 0.4) is 0 Å². The van der Waals surface area contributed by atoms with E-state index in [4.69, 9.17) is 0 Å². The standard InChI is InChI=1S/C16H19N3O4S2/c1-12-9-15(20)19(11-17-12)10-16(21)18-5-4-14(13-3-2-7-24-13)25(22,23)8-6-18/h2-3,7,9,11,14H,4-6,8,10H2,1H3/t14-/m0/s1. The lowest BCUT2D eigenvalue weighted by molar-refractivity contribution is -0.131. The summed E-state index contributed by atoms with van der Waals surface area (Å²) in [5.41, 5.74) is 0.299. The number of hydrogen-bond acceptors (Lipinski definition) is 6. The normalized spacial score (nSPS) is 20.2. The molecular weight excluding hydrogens is 362 g/mol. The molecule has 0 N–H and O–H groups in total. The fourth-order valence-electron chi connectivity index (χ4n) is 2.87. The Balaban J connectivity index is 1.74. The SMILES string of the molecule is Cc1cc(=O)n(CC(=O)N2CC[C@@H](c3cccs3)S(=O)(=O)CC2)cn1. The second-order valence-electron chi connectivity index (χ2n) is 6.04. The van der Waals surface area contributed by atoms with Gasteiger partial charge in [-0.3, -0.25) is 14.2 Å². The number of aryl methyl sites for hydroxylation is 1. The molecule has 0 aromatic carbocycles. The van der Waals surface area contributed by atoms with E-state index in [9.17, 15) is 18.0 Å². The van der Waals surface area contributed by atoms with E-state index in [1.807, 2.05) is 17.5 Å². The van der Waals surface area contributed by atoms with Crippen LogP contribution >= 0.6 is 11.3 Å². The van der Waals surface area contributed by atoms with Crippen LogP contribution in [-0.2, 0) is 21.2 Å². The number of hydrogen-bond donors (Lipinski definition) is 0. The van der Waals surface area contributed by atoms with Crippen LogP contribution in [0.15, 0.2) is 34.7 Å².